The molecule has 0 aliphatic heterocycles. The minimum atomic E-state index is -4.39. The quantitative estimate of drug-likeness (QED) is 0.704. The van der Waals surface area contributed by atoms with Gasteiger partial charge in [0, 0.05) is 11.4 Å². The minimum Gasteiger partial charge on any atom is -0.294 e. The first-order valence-corrected chi connectivity index (χ1v) is 5.58. The van der Waals surface area contributed by atoms with Crippen LogP contribution in [0.25, 0.3) is 0 Å². The van der Waals surface area contributed by atoms with Crippen molar-refractivity contribution in [2.45, 2.75) is 19.0 Å². The van der Waals surface area contributed by atoms with Gasteiger partial charge in [-0.3, -0.25) is 4.79 Å². The van der Waals surface area contributed by atoms with Crippen molar-refractivity contribution in [2.24, 2.45) is 0 Å². The molecular formula is C10H6Cl3F3O. The lowest BCUT2D eigenvalue weighted by Crippen LogP contribution is -2.11. The third kappa shape index (κ3) is 4.37. The summed E-state index contributed by atoms with van der Waals surface area (Å²) in [6.07, 6.45) is -6.28. The number of halogens is 6. The van der Waals surface area contributed by atoms with Crippen LogP contribution in [0.2, 0.25) is 15.1 Å². The zero-order valence-electron chi connectivity index (χ0n) is 8.24. The first-order chi connectivity index (χ1) is 7.70. The van der Waals surface area contributed by atoms with Crippen molar-refractivity contribution >= 4 is 40.6 Å². The van der Waals surface area contributed by atoms with Gasteiger partial charge in [-0.15, -0.1) is 0 Å². The summed E-state index contributed by atoms with van der Waals surface area (Å²) in [4.78, 5) is 11.5. The zero-order valence-corrected chi connectivity index (χ0v) is 10.5. The van der Waals surface area contributed by atoms with Crippen molar-refractivity contribution in [3.8, 4) is 0 Å². The molecule has 7 heteroatoms. The van der Waals surface area contributed by atoms with Gasteiger partial charge in [0.15, 0.2) is 5.78 Å². The van der Waals surface area contributed by atoms with Gasteiger partial charge >= 0.3 is 6.18 Å². The lowest BCUT2D eigenvalue weighted by Gasteiger charge is -2.08. The molecule has 0 amide bonds. The third-order valence-electron chi connectivity index (χ3n) is 1.92. The summed E-state index contributed by atoms with van der Waals surface area (Å²) in [5.74, 6) is -0.756. The molecule has 0 bridgehead atoms. The molecule has 1 rings (SSSR count). The summed E-state index contributed by atoms with van der Waals surface area (Å²) in [5.41, 5.74) is -0.123. The Morgan fingerprint density at radius 2 is 1.59 bits per heavy atom. The molecule has 0 unspecified atom stereocenters. The second kappa shape index (κ2) is 5.46. The number of hydrogen-bond acceptors (Lipinski definition) is 1. The molecular weight excluding hydrogens is 299 g/mol. The number of carbonyl (C=O) groups excluding carboxylic acids is 1. The number of Topliss-reactive ketones (excluding diaryl/α,β-unsaturated/α-hetero) is 1. The highest BCUT2D eigenvalue weighted by Gasteiger charge is 2.29. The fourth-order valence-corrected chi connectivity index (χ4v) is 2.22. The van der Waals surface area contributed by atoms with E-state index < -0.39 is 24.8 Å². The molecule has 1 nitrogen and oxygen atoms in total. The molecule has 0 atom stereocenters. The fourth-order valence-electron chi connectivity index (χ4n) is 1.19. The van der Waals surface area contributed by atoms with E-state index in [-0.39, 0.29) is 20.6 Å². The second-order valence-corrected chi connectivity index (χ2v) is 4.53. The Morgan fingerprint density at radius 1 is 1.12 bits per heavy atom. The monoisotopic (exact) mass is 304 g/mol. The van der Waals surface area contributed by atoms with Crippen LogP contribution in [0.5, 0.6) is 0 Å². The highest BCUT2D eigenvalue weighted by molar-refractivity contribution is 6.42. The summed E-state index contributed by atoms with van der Waals surface area (Å²) >= 11 is 17.0. The van der Waals surface area contributed by atoms with Crippen LogP contribution in [0.3, 0.4) is 0 Å². The normalized spacial score (nSPS) is 11.6. The number of alkyl halides is 3. The van der Waals surface area contributed by atoms with Crippen LogP contribution in [-0.2, 0) is 0 Å². The maximum Gasteiger partial charge on any atom is 0.389 e. The van der Waals surface area contributed by atoms with Crippen LogP contribution in [0.4, 0.5) is 13.2 Å². The number of hydrogen-bond donors (Lipinski definition) is 0. The van der Waals surface area contributed by atoms with Gasteiger partial charge in [0.25, 0.3) is 0 Å². The van der Waals surface area contributed by atoms with E-state index in [1.807, 2.05) is 0 Å². The van der Waals surface area contributed by atoms with E-state index in [1.54, 1.807) is 0 Å². The fraction of sp³-hybridized carbons (Fsp3) is 0.300. The third-order valence-corrected chi connectivity index (χ3v) is 2.74. The lowest BCUT2D eigenvalue weighted by atomic mass is 10.1. The van der Waals surface area contributed by atoms with Crippen molar-refractivity contribution in [1.82, 2.24) is 0 Å². The Labute approximate surface area is 110 Å². The highest BCUT2D eigenvalue weighted by atomic mass is 35.5. The molecule has 1 aromatic carbocycles. The molecule has 0 aromatic heterocycles. The SMILES string of the molecule is O=C(CCC(F)(F)F)c1c(Cl)cc(Cl)cc1Cl. The van der Waals surface area contributed by atoms with Crippen LogP contribution in [0, 0.1) is 0 Å². The van der Waals surface area contributed by atoms with Crippen LogP contribution in [0.1, 0.15) is 23.2 Å². The lowest BCUT2D eigenvalue weighted by molar-refractivity contribution is -0.133. The van der Waals surface area contributed by atoms with E-state index in [2.05, 4.69) is 0 Å². The van der Waals surface area contributed by atoms with Gasteiger partial charge < -0.3 is 0 Å². The zero-order chi connectivity index (χ0) is 13.2. The average Bonchev–Trinajstić information content (AvgIpc) is 2.11. The number of ketones is 1. The molecule has 0 heterocycles. The summed E-state index contributed by atoms with van der Waals surface area (Å²) in [5, 5.41) is 0.122. The van der Waals surface area contributed by atoms with Gasteiger partial charge in [-0.05, 0) is 12.1 Å². The van der Waals surface area contributed by atoms with Crippen molar-refractivity contribution < 1.29 is 18.0 Å². The van der Waals surface area contributed by atoms with Crippen LogP contribution in [-0.4, -0.2) is 12.0 Å². The van der Waals surface area contributed by atoms with Crippen molar-refractivity contribution in [3.05, 3.63) is 32.8 Å². The average molecular weight is 306 g/mol. The molecule has 0 aliphatic carbocycles. The predicted molar refractivity (Wildman–Crippen MR) is 61.1 cm³/mol. The minimum absolute atomic E-state index is 0.0466. The molecule has 0 saturated heterocycles. The van der Waals surface area contributed by atoms with Crippen molar-refractivity contribution in [1.29, 1.82) is 0 Å². The summed E-state index contributed by atoms with van der Waals surface area (Å²) in [7, 11) is 0. The summed E-state index contributed by atoms with van der Waals surface area (Å²) in [6.45, 7) is 0. The van der Waals surface area contributed by atoms with E-state index in [0.29, 0.717) is 0 Å². The Morgan fingerprint density at radius 3 is 2.00 bits per heavy atom. The van der Waals surface area contributed by atoms with E-state index in [9.17, 15) is 18.0 Å². The molecule has 0 N–H and O–H groups in total. The smallest absolute Gasteiger partial charge is 0.294 e. The molecule has 94 valence electrons. The Balaban J connectivity index is 2.90. The van der Waals surface area contributed by atoms with Crippen molar-refractivity contribution in [3.63, 3.8) is 0 Å². The highest BCUT2D eigenvalue weighted by Crippen LogP contribution is 2.31. The molecule has 0 radical (unpaired) electrons. The van der Waals surface area contributed by atoms with Gasteiger partial charge in [0.2, 0.25) is 0 Å². The van der Waals surface area contributed by atoms with Gasteiger partial charge in [-0.2, -0.15) is 13.2 Å². The summed E-state index contributed by atoms with van der Waals surface area (Å²) < 4.78 is 35.9. The standard InChI is InChI=1S/C10H6Cl3F3O/c11-5-3-6(12)9(7(13)4-5)8(17)1-2-10(14,15)16/h3-4H,1-2H2. The Hall–Kier alpha value is -0.450. The number of benzene rings is 1. The maximum absolute atomic E-state index is 12.0. The molecule has 0 aliphatic rings. The summed E-state index contributed by atoms with van der Waals surface area (Å²) in [6, 6.07) is 2.52. The van der Waals surface area contributed by atoms with Gasteiger partial charge in [0.1, 0.15) is 0 Å². The number of rotatable bonds is 3. The maximum atomic E-state index is 12.0. The number of carbonyl (C=O) groups is 1. The largest absolute Gasteiger partial charge is 0.389 e. The van der Waals surface area contributed by atoms with Crippen LogP contribution < -0.4 is 0 Å². The van der Waals surface area contributed by atoms with Gasteiger partial charge in [-0.25, -0.2) is 0 Å². The molecule has 1 aromatic rings. The van der Waals surface area contributed by atoms with Gasteiger partial charge in [0.05, 0.1) is 22.0 Å². The second-order valence-electron chi connectivity index (χ2n) is 3.28. The Kier molecular flexibility index (Phi) is 4.69. The van der Waals surface area contributed by atoms with Crippen LogP contribution in [0.15, 0.2) is 12.1 Å². The first-order valence-electron chi connectivity index (χ1n) is 4.45. The molecule has 0 fully saturated rings. The molecule has 17 heavy (non-hydrogen) atoms. The van der Waals surface area contributed by atoms with E-state index in [1.165, 1.54) is 12.1 Å². The Bertz CT molecular complexity index is 420. The topological polar surface area (TPSA) is 17.1 Å². The first kappa shape index (κ1) is 14.6. The predicted octanol–water partition coefficient (Wildman–Crippen LogP) is 5.17. The molecule has 0 spiro atoms. The van der Waals surface area contributed by atoms with E-state index in [4.69, 9.17) is 34.8 Å². The van der Waals surface area contributed by atoms with Gasteiger partial charge in [-0.1, -0.05) is 34.8 Å². The van der Waals surface area contributed by atoms with Crippen molar-refractivity contribution in [2.75, 3.05) is 0 Å². The van der Waals surface area contributed by atoms with Crippen LogP contribution >= 0.6 is 34.8 Å². The van der Waals surface area contributed by atoms with E-state index in [0.717, 1.165) is 0 Å². The molecule has 0 saturated carbocycles. The van der Waals surface area contributed by atoms with E-state index >= 15 is 0 Å².